The van der Waals surface area contributed by atoms with E-state index in [4.69, 9.17) is 9.47 Å². The van der Waals surface area contributed by atoms with Crippen LogP contribution in [-0.2, 0) is 16.0 Å². The molecule has 4 heteroatoms. The lowest BCUT2D eigenvalue weighted by molar-refractivity contribution is -0.116. The van der Waals surface area contributed by atoms with Gasteiger partial charge in [-0.15, -0.1) is 0 Å². The molecule has 0 saturated heterocycles. The zero-order chi connectivity index (χ0) is 12.1. The lowest BCUT2D eigenvalue weighted by Crippen LogP contribution is -2.18. The van der Waals surface area contributed by atoms with Crippen LogP contribution in [0.4, 0.5) is 5.69 Å². The molecule has 1 heterocycles. The van der Waals surface area contributed by atoms with Crippen molar-refractivity contribution in [3.05, 3.63) is 23.8 Å². The van der Waals surface area contributed by atoms with Crippen molar-refractivity contribution in [2.24, 2.45) is 0 Å². The molecule has 0 aliphatic carbocycles. The van der Waals surface area contributed by atoms with Gasteiger partial charge in [-0.05, 0) is 37.1 Å². The summed E-state index contributed by atoms with van der Waals surface area (Å²) in [4.78, 5) is 11.2. The summed E-state index contributed by atoms with van der Waals surface area (Å²) in [7, 11) is 0. The van der Waals surface area contributed by atoms with Gasteiger partial charge < -0.3 is 14.8 Å². The highest BCUT2D eigenvalue weighted by Gasteiger charge is 2.14. The molecule has 0 spiro atoms. The topological polar surface area (TPSA) is 47.6 Å². The Balaban J connectivity index is 1.94. The maximum atomic E-state index is 11.2. The summed E-state index contributed by atoms with van der Waals surface area (Å²) in [6, 6.07) is 5.75. The highest BCUT2D eigenvalue weighted by Crippen LogP contribution is 2.26. The number of nitrogens with one attached hydrogen (secondary N) is 1. The summed E-state index contributed by atoms with van der Waals surface area (Å²) in [5, 5.41) is 2.84. The Morgan fingerprint density at radius 3 is 3.00 bits per heavy atom. The molecular formula is C13H17NO3. The van der Waals surface area contributed by atoms with Crippen molar-refractivity contribution in [2.75, 3.05) is 25.1 Å². The predicted octanol–water partition coefficient (Wildman–Crippen LogP) is 1.99. The fraction of sp³-hybridized carbons (Fsp3) is 0.462. The van der Waals surface area contributed by atoms with Gasteiger partial charge in [-0.1, -0.05) is 0 Å². The second kappa shape index (κ2) is 5.68. The van der Waals surface area contributed by atoms with Gasteiger partial charge in [0.25, 0.3) is 0 Å². The van der Waals surface area contributed by atoms with E-state index >= 15 is 0 Å². The van der Waals surface area contributed by atoms with Crippen LogP contribution in [0.25, 0.3) is 0 Å². The van der Waals surface area contributed by atoms with Gasteiger partial charge >= 0.3 is 0 Å². The van der Waals surface area contributed by atoms with Crippen molar-refractivity contribution in [3.8, 4) is 5.75 Å². The van der Waals surface area contributed by atoms with E-state index in [2.05, 4.69) is 5.32 Å². The third-order valence-corrected chi connectivity index (χ3v) is 2.67. The first-order chi connectivity index (χ1) is 8.29. The zero-order valence-corrected chi connectivity index (χ0v) is 9.99. The van der Waals surface area contributed by atoms with Crippen LogP contribution >= 0.6 is 0 Å². The van der Waals surface area contributed by atoms with E-state index in [0.717, 1.165) is 23.4 Å². The Hall–Kier alpha value is -1.55. The third-order valence-electron chi connectivity index (χ3n) is 2.67. The lowest BCUT2D eigenvalue weighted by atomic mass is 10.0. The molecule has 0 fully saturated rings. The second-order valence-electron chi connectivity index (χ2n) is 3.91. The minimum absolute atomic E-state index is 0.0857. The quantitative estimate of drug-likeness (QED) is 0.794. The van der Waals surface area contributed by atoms with Gasteiger partial charge in [0.2, 0.25) is 5.91 Å². The molecule has 1 aromatic carbocycles. The van der Waals surface area contributed by atoms with Crippen molar-refractivity contribution < 1.29 is 14.3 Å². The Morgan fingerprint density at radius 2 is 2.18 bits per heavy atom. The molecule has 1 N–H and O–H groups in total. The number of aryl methyl sites for hydroxylation is 1. The Morgan fingerprint density at radius 1 is 1.29 bits per heavy atom. The molecule has 1 aliphatic heterocycles. The van der Waals surface area contributed by atoms with Gasteiger partial charge in [0, 0.05) is 18.7 Å². The van der Waals surface area contributed by atoms with E-state index in [1.165, 1.54) is 0 Å². The molecule has 1 aromatic rings. The first kappa shape index (κ1) is 11.9. The molecule has 0 aromatic heterocycles. The van der Waals surface area contributed by atoms with Gasteiger partial charge in [0.15, 0.2) is 0 Å². The summed E-state index contributed by atoms with van der Waals surface area (Å²) in [6.45, 7) is 3.82. The van der Waals surface area contributed by atoms with Gasteiger partial charge in [-0.25, -0.2) is 0 Å². The summed E-state index contributed by atoms with van der Waals surface area (Å²) in [5.74, 6) is 0.919. The minimum atomic E-state index is 0.0857. The molecule has 1 amide bonds. The summed E-state index contributed by atoms with van der Waals surface area (Å²) in [5.41, 5.74) is 2.04. The first-order valence-electron chi connectivity index (χ1n) is 5.93. The molecule has 17 heavy (non-hydrogen) atoms. The largest absolute Gasteiger partial charge is 0.491 e. The smallest absolute Gasteiger partial charge is 0.224 e. The Kier molecular flexibility index (Phi) is 3.98. The van der Waals surface area contributed by atoms with E-state index in [-0.39, 0.29) is 5.91 Å². The summed E-state index contributed by atoms with van der Waals surface area (Å²) < 4.78 is 10.8. The van der Waals surface area contributed by atoms with Gasteiger partial charge in [-0.2, -0.15) is 0 Å². The maximum Gasteiger partial charge on any atom is 0.224 e. The van der Waals surface area contributed by atoms with Crippen molar-refractivity contribution in [1.82, 2.24) is 0 Å². The number of carbonyl (C=O) groups is 1. The van der Waals surface area contributed by atoms with Gasteiger partial charge in [0.05, 0.1) is 6.61 Å². The molecular weight excluding hydrogens is 218 g/mol. The Labute approximate surface area is 101 Å². The van der Waals surface area contributed by atoms with Crippen molar-refractivity contribution in [1.29, 1.82) is 0 Å². The number of amides is 1. The second-order valence-corrected chi connectivity index (χ2v) is 3.91. The van der Waals surface area contributed by atoms with Crippen LogP contribution in [0.1, 0.15) is 18.9 Å². The summed E-state index contributed by atoms with van der Waals surface area (Å²) >= 11 is 0. The molecule has 92 valence electrons. The fourth-order valence-electron chi connectivity index (χ4n) is 1.81. The first-order valence-corrected chi connectivity index (χ1v) is 5.93. The highest BCUT2D eigenvalue weighted by atomic mass is 16.5. The van der Waals surface area contributed by atoms with Crippen LogP contribution in [0.2, 0.25) is 0 Å². The van der Waals surface area contributed by atoms with E-state index in [1.807, 2.05) is 25.1 Å². The number of benzene rings is 1. The van der Waals surface area contributed by atoms with E-state index in [9.17, 15) is 4.79 Å². The van der Waals surface area contributed by atoms with Crippen molar-refractivity contribution in [2.45, 2.75) is 19.8 Å². The Bertz CT molecular complexity index is 404. The summed E-state index contributed by atoms with van der Waals surface area (Å²) in [6.07, 6.45) is 1.33. The van der Waals surface area contributed by atoms with Crippen LogP contribution in [-0.4, -0.2) is 25.7 Å². The highest BCUT2D eigenvalue weighted by molar-refractivity contribution is 5.93. The van der Waals surface area contributed by atoms with Crippen LogP contribution in [0.15, 0.2) is 18.2 Å². The average molecular weight is 235 g/mol. The SMILES string of the molecule is CCOCCOc1ccc2c(c1)CCC(=O)N2. The standard InChI is InChI=1S/C13H17NO3/c1-2-16-7-8-17-11-4-5-12-10(9-11)3-6-13(15)14-12/h4-5,9H,2-3,6-8H2,1H3,(H,14,15). The number of hydrogen-bond donors (Lipinski definition) is 1. The van der Waals surface area contributed by atoms with Gasteiger partial charge in [-0.3, -0.25) is 4.79 Å². The van der Waals surface area contributed by atoms with Crippen molar-refractivity contribution in [3.63, 3.8) is 0 Å². The van der Waals surface area contributed by atoms with Crippen LogP contribution < -0.4 is 10.1 Å². The number of anilines is 1. The average Bonchev–Trinajstić information content (AvgIpc) is 2.35. The molecule has 0 radical (unpaired) electrons. The minimum Gasteiger partial charge on any atom is -0.491 e. The molecule has 0 bridgehead atoms. The number of hydrogen-bond acceptors (Lipinski definition) is 3. The van der Waals surface area contributed by atoms with Crippen molar-refractivity contribution >= 4 is 11.6 Å². The molecule has 4 nitrogen and oxygen atoms in total. The van der Waals surface area contributed by atoms with Crippen LogP contribution in [0.3, 0.4) is 0 Å². The molecule has 1 aliphatic rings. The maximum absolute atomic E-state index is 11.2. The third kappa shape index (κ3) is 3.20. The van der Waals surface area contributed by atoms with Gasteiger partial charge in [0.1, 0.15) is 12.4 Å². The van der Waals surface area contributed by atoms with Crippen LogP contribution in [0.5, 0.6) is 5.75 Å². The number of carbonyl (C=O) groups excluding carboxylic acids is 1. The number of ether oxygens (including phenoxy) is 2. The van der Waals surface area contributed by atoms with Crippen LogP contribution in [0, 0.1) is 0 Å². The van der Waals surface area contributed by atoms with E-state index in [1.54, 1.807) is 0 Å². The molecule has 0 unspecified atom stereocenters. The normalized spacial score (nSPS) is 14.1. The fourth-order valence-corrected chi connectivity index (χ4v) is 1.81. The zero-order valence-electron chi connectivity index (χ0n) is 9.99. The molecule has 2 rings (SSSR count). The number of fused-ring (bicyclic) bond motifs is 1. The van der Waals surface area contributed by atoms with E-state index in [0.29, 0.717) is 26.2 Å². The monoisotopic (exact) mass is 235 g/mol. The lowest BCUT2D eigenvalue weighted by Gasteiger charge is -2.17. The van der Waals surface area contributed by atoms with E-state index < -0.39 is 0 Å². The molecule has 0 saturated carbocycles. The number of rotatable bonds is 5. The predicted molar refractivity (Wildman–Crippen MR) is 65.4 cm³/mol. The molecule has 0 atom stereocenters.